The van der Waals surface area contributed by atoms with E-state index in [-0.39, 0.29) is 11.3 Å². The number of benzene rings is 3. The van der Waals surface area contributed by atoms with Gasteiger partial charge in [0.2, 0.25) is 0 Å². The topological polar surface area (TPSA) is 88.5 Å². The van der Waals surface area contributed by atoms with Gasteiger partial charge >= 0.3 is 0 Å². The molecule has 1 N–H and O–H groups in total. The summed E-state index contributed by atoms with van der Waals surface area (Å²) in [6, 6.07) is 21.6. The van der Waals surface area contributed by atoms with Gasteiger partial charge in [-0.25, -0.2) is 0 Å². The lowest BCUT2D eigenvalue weighted by molar-refractivity contribution is -0.140. The van der Waals surface area contributed by atoms with E-state index in [2.05, 4.69) is 4.90 Å². The first-order valence-electron chi connectivity index (χ1n) is 13.5. The molecule has 208 valence electrons. The van der Waals surface area contributed by atoms with E-state index >= 15 is 0 Å². The van der Waals surface area contributed by atoms with Crippen LogP contribution < -0.4 is 9.47 Å². The minimum atomic E-state index is -0.778. The molecular formula is C32H34N2O6. The zero-order chi connectivity index (χ0) is 28.1. The molecule has 40 heavy (non-hydrogen) atoms. The Bertz CT molecular complexity index is 1380. The van der Waals surface area contributed by atoms with Crippen molar-refractivity contribution in [2.24, 2.45) is 0 Å². The van der Waals surface area contributed by atoms with Gasteiger partial charge in [0.15, 0.2) is 11.5 Å². The highest BCUT2D eigenvalue weighted by molar-refractivity contribution is 6.46. The maximum atomic E-state index is 13.4. The van der Waals surface area contributed by atoms with Gasteiger partial charge in [-0.3, -0.25) is 14.5 Å². The zero-order valence-electron chi connectivity index (χ0n) is 22.8. The molecule has 1 unspecified atom stereocenters. The predicted molar refractivity (Wildman–Crippen MR) is 151 cm³/mol. The Kier molecular flexibility index (Phi) is 8.48. The summed E-state index contributed by atoms with van der Waals surface area (Å²) in [6.07, 6.45) is 0. The third-order valence-corrected chi connectivity index (χ3v) is 7.37. The van der Waals surface area contributed by atoms with Crippen LogP contribution in [0.1, 0.15) is 28.3 Å². The molecule has 2 heterocycles. The summed E-state index contributed by atoms with van der Waals surface area (Å²) in [4.78, 5) is 30.6. The van der Waals surface area contributed by atoms with Crippen LogP contribution in [0.3, 0.4) is 0 Å². The Balaban J connectivity index is 1.50. The smallest absolute Gasteiger partial charge is 0.295 e. The number of aliphatic hydroxyl groups excluding tert-OH is 1. The second-order valence-corrected chi connectivity index (χ2v) is 10.00. The number of ether oxygens (including phenoxy) is 3. The van der Waals surface area contributed by atoms with Crippen molar-refractivity contribution >= 4 is 17.4 Å². The minimum Gasteiger partial charge on any atom is -0.507 e. The van der Waals surface area contributed by atoms with Crippen molar-refractivity contribution in [2.45, 2.75) is 19.6 Å². The second-order valence-electron chi connectivity index (χ2n) is 10.00. The first-order chi connectivity index (χ1) is 19.5. The number of hydrogen-bond acceptors (Lipinski definition) is 7. The average Bonchev–Trinajstić information content (AvgIpc) is 3.25. The van der Waals surface area contributed by atoms with Gasteiger partial charge in [0.25, 0.3) is 11.7 Å². The molecule has 0 spiro atoms. The van der Waals surface area contributed by atoms with Gasteiger partial charge in [-0.05, 0) is 30.2 Å². The first kappa shape index (κ1) is 27.4. The maximum absolute atomic E-state index is 13.4. The highest BCUT2D eigenvalue weighted by Crippen LogP contribution is 2.42. The minimum absolute atomic E-state index is 0.0656. The van der Waals surface area contributed by atoms with Crippen molar-refractivity contribution in [3.8, 4) is 11.5 Å². The normalized spacial score (nSPS) is 19.1. The summed E-state index contributed by atoms with van der Waals surface area (Å²) >= 11 is 0. The van der Waals surface area contributed by atoms with E-state index < -0.39 is 17.7 Å². The Labute approximate surface area is 234 Å². The molecule has 0 saturated carbocycles. The number of rotatable bonds is 9. The number of carbonyl (C=O) groups is 2. The molecular weight excluding hydrogens is 508 g/mol. The number of morpholine rings is 1. The summed E-state index contributed by atoms with van der Waals surface area (Å²) in [5, 5.41) is 11.4. The van der Waals surface area contributed by atoms with Crippen LogP contribution in [-0.4, -0.2) is 73.1 Å². The summed E-state index contributed by atoms with van der Waals surface area (Å²) < 4.78 is 17.1. The Morgan fingerprint density at radius 3 is 2.38 bits per heavy atom. The molecule has 1 amide bonds. The molecule has 5 rings (SSSR count). The van der Waals surface area contributed by atoms with Crippen molar-refractivity contribution in [1.82, 2.24) is 9.80 Å². The number of likely N-dealkylation sites (tertiary alicyclic amines) is 1. The number of ketones is 1. The molecule has 8 heteroatoms. The van der Waals surface area contributed by atoms with Gasteiger partial charge < -0.3 is 24.2 Å². The van der Waals surface area contributed by atoms with Crippen LogP contribution in [0.2, 0.25) is 0 Å². The molecule has 2 aliphatic heterocycles. The van der Waals surface area contributed by atoms with Crippen LogP contribution in [0, 0.1) is 6.92 Å². The number of methoxy groups -OCH3 is 1. The van der Waals surface area contributed by atoms with Crippen molar-refractivity contribution in [2.75, 3.05) is 46.5 Å². The number of carbonyl (C=O) groups excluding carboxylic acids is 2. The molecule has 3 aromatic carbocycles. The number of aryl methyl sites for hydroxylation is 1. The van der Waals surface area contributed by atoms with E-state index in [0.29, 0.717) is 55.5 Å². The molecule has 2 fully saturated rings. The van der Waals surface area contributed by atoms with Crippen molar-refractivity contribution in [1.29, 1.82) is 0 Å². The van der Waals surface area contributed by atoms with E-state index in [0.717, 1.165) is 24.2 Å². The van der Waals surface area contributed by atoms with Crippen molar-refractivity contribution < 1.29 is 28.9 Å². The van der Waals surface area contributed by atoms with E-state index in [4.69, 9.17) is 14.2 Å². The molecule has 0 bridgehead atoms. The molecule has 2 aliphatic rings. The van der Waals surface area contributed by atoms with Gasteiger partial charge in [-0.2, -0.15) is 0 Å². The summed E-state index contributed by atoms with van der Waals surface area (Å²) in [7, 11) is 1.55. The fourth-order valence-corrected chi connectivity index (χ4v) is 5.11. The molecule has 2 saturated heterocycles. The van der Waals surface area contributed by atoms with Gasteiger partial charge in [-0.15, -0.1) is 0 Å². The fourth-order valence-electron chi connectivity index (χ4n) is 5.11. The quantitative estimate of drug-likeness (QED) is 0.245. The van der Waals surface area contributed by atoms with Gasteiger partial charge in [-0.1, -0.05) is 66.2 Å². The monoisotopic (exact) mass is 542 g/mol. The van der Waals surface area contributed by atoms with Crippen molar-refractivity contribution in [3.63, 3.8) is 0 Å². The lowest BCUT2D eigenvalue weighted by Crippen LogP contribution is -2.42. The van der Waals surface area contributed by atoms with E-state index in [1.165, 1.54) is 0 Å². The van der Waals surface area contributed by atoms with Crippen LogP contribution in [0.25, 0.3) is 5.76 Å². The average molecular weight is 543 g/mol. The number of aliphatic hydroxyl groups is 1. The van der Waals surface area contributed by atoms with Crippen LogP contribution in [0.5, 0.6) is 11.5 Å². The zero-order valence-corrected chi connectivity index (χ0v) is 22.8. The van der Waals surface area contributed by atoms with Crippen LogP contribution >= 0.6 is 0 Å². The molecule has 0 radical (unpaired) electrons. The van der Waals surface area contributed by atoms with E-state index in [9.17, 15) is 14.7 Å². The highest BCUT2D eigenvalue weighted by Gasteiger charge is 2.46. The maximum Gasteiger partial charge on any atom is 0.295 e. The second kappa shape index (κ2) is 12.4. The molecule has 3 aromatic rings. The standard InChI is InChI=1S/C32H34N2O6/c1-22-8-10-24(11-9-22)30(35)28-29(34(32(37)31(28)36)15-14-33-16-18-39-19-17-33)25-12-13-26(27(20-25)38-2)40-21-23-6-4-3-5-7-23/h3-13,20,29,35H,14-19,21H2,1-2H3/b30-28+. The molecule has 0 aliphatic carbocycles. The SMILES string of the molecule is COc1cc(C2/C(=C(\O)c3ccc(C)cc3)C(=O)C(=O)N2CCN2CCOCC2)ccc1OCc1ccccc1. The van der Waals surface area contributed by atoms with Crippen molar-refractivity contribution in [3.05, 3.63) is 101 Å². The molecule has 8 nitrogen and oxygen atoms in total. The lowest BCUT2D eigenvalue weighted by Gasteiger charge is -2.31. The van der Waals surface area contributed by atoms with Crippen LogP contribution in [0.4, 0.5) is 0 Å². The van der Waals surface area contributed by atoms with Gasteiger partial charge in [0, 0.05) is 31.7 Å². The largest absolute Gasteiger partial charge is 0.507 e. The lowest BCUT2D eigenvalue weighted by atomic mass is 9.94. The fraction of sp³-hybridized carbons (Fsp3) is 0.312. The van der Waals surface area contributed by atoms with Gasteiger partial charge in [0.1, 0.15) is 12.4 Å². The molecule has 1 atom stereocenters. The Morgan fingerprint density at radius 1 is 0.950 bits per heavy atom. The third-order valence-electron chi connectivity index (χ3n) is 7.37. The summed E-state index contributed by atoms with van der Waals surface area (Å²) in [5.41, 5.74) is 3.24. The highest BCUT2D eigenvalue weighted by atomic mass is 16.5. The summed E-state index contributed by atoms with van der Waals surface area (Å²) in [6.45, 7) is 6.03. The number of hydrogen-bond donors (Lipinski definition) is 1. The number of nitrogens with zero attached hydrogens (tertiary/aromatic N) is 2. The summed E-state index contributed by atoms with van der Waals surface area (Å²) in [5.74, 6) is -0.509. The molecule has 0 aromatic heterocycles. The van der Waals surface area contributed by atoms with E-state index in [1.807, 2.05) is 55.5 Å². The van der Waals surface area contributed by atoms with Gasteiger partial charge in [0.05, 0.1) is 31.9 Å². The number of amides is 1. The van der Waals surface area contributed by atoms with Crippen LogP contribution in [-0.2, 0) is 20.9 Å². The Morgan fingerprint density at radius 2 is 1.68 bits per heavy atom. The Hall–Kier alpha value is -4.14. The third kappa shape index (κ3) is 5.88. The van der Waals surface area contributed by atoms with Crippen LogP contribution in [0.15, 0.2) is 78.4 Å². The predicted octanol–water partition coefficient (Wildman–Crippen LogP) is 4.34. The van der Waals surface area contributed by atoms with E-state index in [1.54, 1.807) is 36.3 Å². The first-order valence-corrected chi connectivity index (χ1v) is 13.5. The number of Topliss-reactive ketones (excluding diaryl/α,β-unsaturated/α-hetero) is 1.